The Morgan fingerprint density at radius 2 is 1.63 bits per heavy atom. The lowest BCUT2D eigenvalue weighted by molar-refractivity contribution is 0.892. The van der Waals surface area contributed by atoms with Crippen LogP contribution in [-0.4, -0.2) is 0 Å². The van der Waals surface area contributed by atoms with Gasteiger partial charge in [-0.05, 0) is 44.1 Å². The van der Waals surface area contributed by atoms with Crippen molar-refractivity contribution in [2.24, 2.45) is 0 Å². The van der Waals surface area contributed by atoms with E-state index in [0.717, 1.165) is 12.8 Å². The molecule has 1 aromatic rings. The molecule has 1 heteroatoms. The molecule has 1 aliphatic carbocycles. The van der Waals surface area contributed by atoms with Gasteiger partial charge in [0.05, 0.1) is 0 Å². The lowest BCUT2D eigenvalue weighted by Gasteiger charge is -2.29. The molecule has 0 N–H and O–H groups in total. The molecule has 0 aromatic heterocycles. The van der Waals surface area contributed by atoms with Gasteiger partial charge in [-0.3, -0.25) is 0 Å². The first kappa shape index (κ1) is 26.9. The fourth-order valence-corrected chi connectivity index (χ4v) is 2.30. The average molecular weight is 368 g/mol. The smallest absolute Gasteiger partial charge is 0.0455 e. The molecule has 0 atom stereocenters. The molecule has 0 saturated carbocycles. The van der Waals surface area contributed by atoms with Crippen molar-refractivity contribution in [1.29, 1.82) is 0 Å². The number of benzene rings is 1. The van der Waals surface area contributed by atoms with Crippen LogP contribution in [0.1, 0.15) is 67.7 Å². The fraction of sp³-hybridized carbons (Fsp3) is 0.385. The van der Waals surface area contributed by atoms with Crippen molar-refractivity contribution >= 4 is 5.69 Å². The van der Waals surface area contributed by atoms with Crippen LogP contribution in [0, 0.1) is 0 Å². The highest BCUT2D eigenvalue weighted by Gasteiger charge is 2.13. The maximum Gasteiger partial charge on any atom is 0.0455 e. The summed E-state index contributed by atoms with van der Waals surface area (Å²) in [5.74, 6) is 0. The third-order valence-electron chi connectivity index (χ3n) is 3.23. The molecule has 0 radical (unpaired) electrons. The predicted molar refractivity (Wildman–Crippen MR) is 127 cm³/mol. The van der Waals surface area contributed by atoms with Crippen LogP contribution in [0.25, 0.3) is 0 Å². The molecular weight excluding hydrogens is 326 g/mol. The molecule has 2 rings (SSSR count). The first-order valence-corrected chi connectivity index (χ1v) is 10.4. The minimum Gasteiger partial charge on any atom is -0.318 e. The summed E-state index contributed by atoms with van der Waals surface area (Å²) >= 11 is 0. The second-order valence-electron chi connectivity index (χ2n) is 5.43. The third kappa shape index (κ3) is 11.9. The van der Waals surface area contributed by atoms with Crippen molar-refractivity contribution in [1.82, 2.24) is 0 Å². The van der Waals surface area contributed by atoms with Crippen molar-refractivity contribution < 1.29 is 0 Å². The van der Waals surface area contributed by atoms with Gasteiger partial charge < -0.3 is 4.90 Å². The zero-order valence-corrected chi connectivity index (χ0v) is 18.7. The van der Waals surface area contributed by atoms with Gasteiger partial charge in [-0.25, -0.2) is 0 Å². The van der Waals surface area contributed by atoms with Crippen LogP contribution >= 0.6 is 0 Å². The maximum atomic E-state index is 3.70. The Morgan fingerprint density at radius 3 is 2.11 bits per heavy atom. The number of nitrogens with zero attached hydrogens (tertiary/aromatic N) is 1. The van der Waals surface area contributed by atoms with Crippen molar-refractivity contribution in [3.8, 4) is 0 Å². The van der Waals surface area contributed by atoms with Crippen molar-refractivity contribution in [2.75, 3.05) is 4.90 Å². The number of anilines is 1. The number of allylic oxidation sites excluding steroid dienone is 9. The largest absolute Gasteiger partial charge is 0.318 e. The van der Waals surface area contributed by atoms with Gasteiger partial charge >= 0.3 is 0 Å². The SMILES string of the molecule is C=C/C=C\C=C(/C)N(C1=CC=CCC1)c1ccccc1.CC.CC.CCC. The van der Waals surface area contributed by atoms with E-state index in [-0.39, 0.29) is 0 Å². The highest BCUT2D eigenvalue weighted by Crippen LogP contribution is 2.28. The molecular formula is C26H41N. The molecule has 27 heavy (non-hydrogen) atoms. The van der Waals surface area contributed by atoms with Crippen LogP contribution < -0.4 is 4.90 Å². The fourth-order valence-electron chi connectivity index (χ4n) is 2.30. The molecule has 0 amide bonds. The van der Waals surface area contributed by atoms with E-state index in [0.29, 0.717) is 0 Å². The average Bonchev–Trinajstić information content (AvgIpc) is 2.74. The maximum absolute atomic E-state index is 3.70. The summed E-state index contributed by atoms with van der Waals surface area (Å²) in [5.41, 5.74) is 3.74. The summed E-state index contributed by atoms with van der Waals surface area (Å²) in [6, 6.07) is 10.5. The Labute approximate surface area is 169 Å². The molecule has 0 heterocycles. The summed E-state index contributed by atoms with van der Waals surface area (Å²) < 4.78 is 0. The Hall–Kier alpha value is -2.28. The van der Waals surface area contributed by atoms with Gasteiger partial charge in [0, 0.05) is 17.1 Å². The third-order valence-corrected chi connectivity index (χ3v) is 3.23. The Balaban J connectivity index is 0. The van der Waals surface area contributed by atoms with Crippen LogP contribution in [0.5, 0.6) is 0 Å². The number of hydrogen-bond donors (Lipinski definition) is 0. The van der Waals surface area contributed by atoms with E-state index in [1.807, 2.05) is 45.9 Å². The van der Waals surface area contributed by atoms with Crippen molar-refractivity contribution in [3.63, 3.8) is 0 Å². The highest BCUT2D eigenvalue weighted by atomic mass is 15.1. The summed E-state index contributed by atoms with van der Waals surface area (Å²) in [5, 5.41) is 0. The van der Waals surface area contributed by atoms with E-state index >= 15 is 0 Å². The summed E-state index contributed by atoms with van der Waals surface area (Å²) in [4.78, 5) is 2.32. The van der Waals surface area contributed by atoms with Crippen LogP contribution in [0.4, 0.5) is 5.69 Å². The van der Waals surface area contributed by atoms with Crippen molar-refractivity contribution in [3.05, 3.63) is 90.8 Å². The highest BCUT2D eigenvalue weighted by molar-refractivity contribution is 5.58. The first-order chi connectivity index (χ1) is 13.2. The quantitative estimate of drug-likeness (QED) is 0.470. The molecule has 1 nitrogen and oxygen atoms in total. The van der Waals surface area contributed by atoms with E-state index in [9.17, 15) is 0 Å². The molecule has 150 valence electrons. The lowest BCUT2D eigenvalue weighted by Crippen LogP contribution is -2.20. The molecule has 0 saturated heterocycles. The second-order valence-corrected chi connectivity index (χ2v) is 5.43. The van der Waals surface area contributed by atoms with E-state index in [4.69, 9.17) is 0 Å². The number of hydrogen-bond acceptors (Lipinski definition) is 1. The van der Waals surface area contributed by atoms with Crippen LogP contribution in [0.15, 0.2) is 90.8 Å². The Kier molecular flexibility index (Phi) is 20.0. The van der Waals surface area contributed by atoms with Gasteiger partial charge in [-0.15, -0.1) is 0 Å². The molecule has 0 spiro atoms. The van der Waals surface area contributed by atoms with E-state index in [1.54, 1.807) is 6.08 Å². The Morgan fingerprint density at radius 1 is 1.04 bits per heavy atom. The lowest BCUT2D eigenvalue weighted by atomic mass is 10.1. The van der Waals surface area contributed by atoms with Crippen LogP contribution in [0.2, 0.25) is 0 Å². The normalized spacial score (nSPS) is 12.4. The summed E-state index contributed by atoms with van der Waals surface area (Å²) in [6.45, 7) is 18.1. The second kappa shape index (κ2) is 20.0. The van der Waals surface area contributed by atoms with Crippen LogP contribution in [-0.2, 0) is 0 Å². The van der Waals surface area contributed by atoms with Gasteiger partial charge in [-0.2, -0.15) is 0 Å². The number of para-hydroxylation sites is 1. The van der Waals surface area contributed by atoms with Crippen molar-refractivity contribution in [2.45, 2.75) is 67.7 Å². The minimum absolute atomic E-state index is 1.07. The van der Waals surface area contributed by atoms with E-state index < -0.39 is 0 Å². The molecule has 0 unspecified atom stereocenters. The monoisotopic (exact) mass is 367 g/mol. The number of rotatable bonds is 5. The van der Waals surface area contributed by atoms with Gasteiger partial charge in [0.1, 0.15) is 0 Å². The predicted octanol–water partition coefficient (Wildman–Crippen LogP) is 8.84. The van der Waals surface area contributed by atoms with Gasteiger partial charge in [0.15, 0.2) is 0 Å². The molecule has 1 aliphatic rings. The minimum atomic E-state index is 1.07. The summed E-state index contributed by atoms with van der Waals surface area (Å²) in [7, 11) is 0. The topological polar surface area (TPSA) is 3.24 Å². The molecule has 0 bridgehead atoms. The van der Waals surface area contributed by atoms with Gasteiger partial charge in [-0.1, -0.05) is 103 Å². The van der Waals surface area contributed by atoms with Crippen LogP contribution in [0.3, 0.4) is 0 Å². The molecule has 1 aromatic carbocycles. The zero-order chi connectivity index (χ0) is 20.9. The summed E-state index contributed by atoms with van der Waals surface area (Å²) in [6.07, 6.45) is 17.9. The Bertz CT molecular complexity index is 573. The standard InChI is InChI=1S/C19H21N.C3H8.2C2H6/c1-3-4-7-12-17(2)20(18-13-8-5-9-14-18)19-15-10-6-11-16-19;1-3-2;2*1-2/h3-10,12-15H,1,11,16H2,2H3;3H2,1-2H3;2*1-2H3/b7-4-,17-12+;;;. The van der Waals surface area contributed by atoms with E-state index in [2.05, 4.69) is 80.8 Å². The zero-order valence-electron chi connectivity index (χ0n) is 18.7. The molecule has 0 fully saturated rings. The van der Waals surface area contributed by atoms with E-state index in [1.165, 1.54) is 23.5 Å². The van der Waals surface area contributed by atoms with Gasteiger partial charge in [0.25, 0.3) is 0 Å². The first-order valence-electron chi connectivity index (χ1n) is 10.4. The molecule has 0 aliphatic heterocycles. The van der Waals surface area contributed by atoms with Gasteiger partial charge in [0.2, 0.25) is 0 Å².